The maximum Gasteiger partial charge on any atom is 0.248 e. The summed E-state index contributed by atoms with van der Waals surface area (Å²) in [6.07, 6.45) is 0. The van der Waals surface area contributed by atoms with Gasteiger partial charge in [0.25, 0.3) is 0 Å². The molecule has 3 N–H and O–H groups in total. The van der Waals surface area contributed by atoms with Crippen LogP contribution in [0.5, 0.6) is 0 Å². The number of thiocarbonyl (C=S) groups is 1. The molecule has 0 unspecified atom stereocenters. The van der Waals surface area contributed by atoms with Gasteiger partial charge in [0, 0.05) is 11.4 Å². The third-order valence-corrected chi connectivity index (χ3v) is 5.01. The van der Waals surface area contributed by atoms with E-state index in [-0.39, 0.29) is 17.5 Å². The van der Waals surface area contributed by atoms with E-state index < -0.39 is 0 Å². The van der Waals surface area contributed by atoms with Crippen LogP contribution in [-0.4, -0.2) is 16.8 Å². The molecule has 3 aromatic carbocycles. The molecule has 7 heteroatoms. The molecule has 0 bridgehead atoms. The van der Waals surface area contributed by atoms with Crippen LogP contribution in [0.2, 0.25) is 0 Å². The molecule has 4 nitrogen and oxygen atoms in total. The zero-order valence-corrected chi connectivity index (χ0v) is 16.0. The third kappa shape index (κ3) is 5.94. The van der Waals surface area contributed by atoms with Crippen molar-refractivity contribution in [3.05, 3.63) is 78.1 Å². The standard InChI is InChI=1S/C20H18FN3OS2/c21-17-8-5-14(6-9-17)12-22-20(26)24-23-19(25)13-27-18-10-7-15-3-1-2-4-16(15)11-18/h1-11H,12-13H2,(H,23,25)(H2,22,24,26). The number of fused-ring (bicyclic) bond motifs is 1. The highest BCUT2D eigenvalue weighted by molar-refractivity contribution is 8.00. The molecule has 0 aliphatic carbocycles. The topological polar surface area (TPSA) is 53.2 Å². The first-order chi connectivity index (χ1) is 13.1. The van der Waals surface area contributed by atoms with Crippen molar-refractivity contribution in [3.63, 3.8) is 0 Å². The lowest BCUT2D eigenvalue weighted by molar-refractivity contribution is -0.119. The molecular weight excluding hydrogens is 381 g/mol. The predicted octanol–water partition coefficient (Wildman–Crippen LogP) is 3.77. The molecular formula is C20H18FN3OS2. The Hall–Kier alpha value is -2.64. The Morgan fingerprint density at radius 1 is 0.963 bits per heavy atom. The lowest BCUT2D eigenvalue weighted by Gasteiger charge is -2.11. The maximum atomic E-state index is 12.9. The second kappa shape index (κ2) is 9.34. The van der Waals surface area contributed by atoms with Crippen molar-refractivity contribution in [1.29, 1.82) is 0 Å². The van der Waals surface area contributed by atoms with E-state index in [1.807, 2.05) is 30.3 Å². The summed E-state index contributed by atoms with van der Waals surface area (Å²) in [6, 6.07) is 20.3. The first-order valence-corrected chi connectivity index (χ1v) is 9.68. The zero-order valence-electron chi connectivity index (χ0n) is 14.4. The second-order valence-corrected chi connectivity index (χ2v) is 7.24. The minimum atomic E-state index is -0.282. The number of carbonyl (C=O) groups excluding carboxylic acids is 1. The van der Waals surface area contributed by atoms with Crippen LogP contribution in [0.4, 0.5) is 4.39 Å². The minimum absolute atomic E-state index is 0.181. The van der Waals surface area contributed by atoms with Crippen molar-refractivity contribution in [2.24, 2.45) is 0 Å². The highest BCUT2D eigenvalue weighted by Crippen LogP contribution is 2.23. The van der Waals surface area contributed by atoms with Crippen LogP contribution in [0, 0.1) is 5.82 Å². The van der Waals surface area contributed by atoms with Crippen molar-refractivity contribution in [1.82, 2.24) is 16.2 Å². The number of hydrazine groups is 1. The smallest absolute Gasteiger partial charge is 0.248 e. The van der Waals surface area contributed by atoms with Crippen LogP contribution in [-0.2, 0) is 11.3 Å². The summed E-state index contributed by atoms with van der Waals surface area (Å²) >= 11 is 6.57. The van der Waals surface area contributed by atoms with E-state index in [9.17, 15) is 9.18 Å². The average molecular weight is 400 g/mol. The zero-order chi connectivity index (χ0) is 19.1. The number of nitrogens with one attached hydrogen (secondary N) is 3. The fourth-order valence-electron chi connectivity index (χ4n) is 2.40. The summed E-state index contributed by atoms with van der Waals surface area (Å²) in [5.41, 5.74) is 6.11. The van der Waals surface area contributed by atoms with Crippen LogP contribution in [0.1, 0.15) is 5.56 Å². The van der Waals surface area contributed by atoms with Gasteiger partial charge in [-0.2, -0.15) is 0 Å². The summed E-state index contributed by atoms with van der Waals surface area (Å²) in [5, 5.41) is 5.56. The summed E-state index contributed by atoms with van der Waals surface area (Å²) in [7, 11) is 0. The monoisotopic (exact) mass is 399 g/mol. The van der Waals surface area contributed by atoms with Gasteiger partial charge in [0.05, 0.1) is 5.75 Å². The molecule has 3 aromatic rings. The van der Waals surface area contributed by atoms with E-state index >= 15 is 0 Å². The average Bonchev–Trinajstić information content (AvgIpc) is 2.70. The Kier molecular flexibility index (Phi) is 6.62. The Morgan fingerprint density at radius 2 is 1.70 bits per heavy atom. The molecule has 138 valence electrons. The van der Waals surface area contributed by atoms with E-state index in [4.69, 9.17) is 12.2 Å². The fourth-order valence-corrected chi connectivity index (χ4v) is 3.27. The van der Waals surface area contributed by atoms with Crippen LogP contribution in [0.25, 0.3) is 10.8 Å². The third-order valence-electron chi connectivity index (χ3n) is 3.77. The summed E-state index contributed by atoms with van der Waals surface area (Å²) < 4.78 is 12.9. The van der Waals surface area contributed by atoms with E-state index in [1.54, 1.807) is 12.1 Å². The number of benzene rings is 3. The Morgan fingerprint density at radius 3 is 2.48 bits per heavy atom. The minimum Gasteiger partial charge on any atom is -0.357 e. The molecule has 1 amide bonds. The van der Waals surface area contributed by atoms with Gasteiger partial charge in [-0.15, -0.1) is 11.8 Å². The molecule has 3 rings (SSSR count). The molecule has 0 fully saturated rings. The molecule has 0 spiro atoms. The largest absolute Gasteiger partial charge is 0.357 e. The van der Waals surface area contributed by atoms with Crippen molar-refractivity contribution in [3.8, 4) is 0 Å². The van der Waals surface area contributed by atoms with Gasteiger partial charge in [0.1, 0.15) is 5.82 Å². The van der Waals surface area contributed by atoms with Gasteiger partial charge in [0.2, 0.25) is 5.91 Å². The van der Waals surface area contributed by atoms with E-state index in [1.165, 1.54) is 29.3 Å². The molecule has 0 aliphatic heterocycles. The number of carbonyl (C=O) groups is 1. The first kappa shape index (κ1) is 19.1. The van der Waals surface area contributed by atoms with E-state index in [0.717, 1.165) is 15.8 Å². The predicted molar refractivity (Wildman–Crippen MR) is 112 cm³/mol. The highest BCUT2D eigenvalue weighted by atomic mass is 32.2. The Balaban J connectivity index is 1.39. The van der Waals surface area contributed by atoms with E-state index in [0.29, 0.717) is 11.7 Å². The number of amides is 1. The van der Waals surface area contributed by atoms with Gasteiger partial charge < -0.3 is 5.32 Å². The maximum absolute atomic E-state index is 12.9. The van der Waals surface area contributed by atoms with Crippen molar-refractivity contribution < 1.29 is 9.18 Å². The van der Waals surface area contributed by atoms with Crippen molar-refractivity contribution in [2.75, 3.05) is 5.75 Å². The molecule has 27 heavy (non-hydrogen) atoms. The van der Waals surface area contributed by atoms with Crippen LogP contribution >= 0.6 is 24.0 Å². The number of hydrogen-bond donors (Lipinski definition) is 3. The SMILES string of the molecule is O=C(CSc1ccc2ccccc2c1)NNC(=S)NCc1ccc(F)cc1. The Bertz CT molecular complexity index is 947. The van der Waals surface area contributed by atoms with Gasteiger partial charge >= 0.3 is 0 Å². The molecule has 0 atom stereocenters. The fraction of sp³-hybridized carbons (Fsp3) is 0.100. The quantitative estimate of drug-likeness (QED) is 0.346. The van der Waals surface area contributed by atoms with Gasteiger partial charge in [0.15, 0.2) is 5.11 Å². The molecule has 0 radical (unpaired) electrons. The summed E-state index contributed by atoms with van der Waals surface area (Å²) in [6.45, 7) is 0.438. The van der Waals surface area contributed by atoms with Gasteiger partial charge in [-0.1, -0.05) is 42.5 Å². The van der Waals surface area contributed by atoms with Gasteiger partial charge in [-0.25, -0.2) is 4.39 Å². The van der Waals surface area contributed by atoms with Gasteiger partial charge in [-0.05, 0) is 52.8 Å². The molecule has 0 aromatic heterocycles. The normalized spacial score (nSPS) is 10.4. The molecule has 0 aliphatic rings. The number of halogens is 1. The summed E-state index contributed by atoms with van der Waals surface area (Å²) in [4.78, 5) is 13.0. The number of hydrogen-bond acceptors (Lipinski definition) is 3. The van der Waals surface area contributed by atoms with Gasteiger partial charge in [-0.3, -0.25) is 15.6 Å². The lowest BCUT2D eigenvalue weighted by Crippen LogP contribution is -2.47. The number of rotatable bonds is 5. The molecule has 0 heterocycles. The van der Waals surface area contributed by atoms with Crippen LogP contribution in [0.15, 0.2) is 71.6 Å². The summed E-state index contributed by atoms with van der Waals surface area (Å²) in [5.74, 6) is -0.193. The van der Waals surface area contributed by atoms with Crippen LogP contribution in [0.3, 0.4) is 0 Å². The molecule has 0 saturated carbocycles. The van der Waals surface area contributed by atoms with Crippen molar-refractivity contribution in [2.45, 2.75) is 11.4 Å². The Labute approximate surface area is 166 Å². The number of thioether (sulfide) groups is 1. The molecule has 0 saturated heterocycles. The van der Waals surface area contributed by atoms with Crippen molar-refractivity contribution >= 4 is 45.8 Å². The van der Waals surface area contributed by atoms with E-state index in [2.05, 4.69) is 28.3 Å². The second-order valence-electron chi connectivity index (χ2n) is 5.78. The van der Waals surface area contributed by atoms with Crippen LogP contribution < -0.4 is 16.2 Å². The lowest BCUT2D eigenvalue weighted by atomic mass is 10.1. The first-order valence-electron chi connectivity index (χ1n) is 8.29. The highest BCUT2D eigenvalue weighted by Gasteiger charge is 2.04.